The fourth-order valence-electron chi connectivity index (χ4n) is 3.27. The Labute approximate surface area is 148 Å². The number of aryl methyl sites for hydroxylation is 1. The average molecular weight is 342 g/mol. The van der Waals surface area contributed by atoms with Crippen LogP contribution in [0.25, 0.3) is 5.82 Å². The van der Waals surface area contributed by atoms with Crippen LogP contribution in [-0.2, 0) is 4.79 Å². The van der Waals surface area contributed by atoms with E-state index >= 15 is 0 Å². The molecule has 0 saturated carbocycles. The van der Waals surface area contributed by atoms with Crippen LogP contribution in [0.15, 0.2) is 24.5 Å². The molecule has 1 fully saturated rings. The average Bonchev–Trinajstić information content (AvgIpc) is 3.17. The first kappa shape index (κ1) is 17.4. The van der Waals surface area contributed by atoms with Crippen LogP contribution in [0.1, 0.15) is 32.5 Å². The predicted octanol–water partition coefficient (Wildman–Crippen LogP) is 2.06. The molecule has 0 unspecified atom stereocenters. The van der Waals surface area contributed by atoms with Gasteiger partial charge < -0.3 is 9.80 Å². The van der Waals surface area contributed by atoms with Gasteiger partial charge in [0.25, 0.3) is 0 Å². The minimum Gasteiger partial charge on any atom is -0.353 e. The quantitative estimate of drug-likeness (QED) is 0.832. The number of carbonyl (C=O) groups is 1. The number of anilines is 1. The molecule has 0 N–H and O–H groups in total. The molecule has 2 aromatic heterocycles. The Hall–Kier alpha value is -2.44. The van der Waals surface area contributed by atoms with E-state index in [-0.39, 0.29) is 5.92 Å². The Morgan fingerprint density at radius 3 is 2.40 bits per heavy atom. The highest BCUT2D eigenvalue weighted by molar-refractivity contribution is 5.79. The Bertz CT molecular complexity index is 702. The van der Waals surface area contributed by atoms with Crippen molar-refractivity contribution in [1.82, 2.24) is 24.6 Å². The van der Waals surface area contributed by atoms with Crippen molar-refractivity contribution in [2.45, 2.75) is 33.6 Å². The highest BCUT2D eigenvalue weighted by atomic mass is 16.2. The molecule has 0 atom stereocenters. The fourth-order valence-corrected chi connectivity index (χ4v) is 3.27. The second-order valence-electron chi connectivity index (χ2n) is 6.41. The molecule has 3 rings (SSSR count). The van der Waals surface area contributed by atoms with Crippen molar-refractivity contribution in [3.63, 3.8) is 0 Å². The molecule has 0 spiro atoms. The van der Waals surface area contributed by atoms with Gasteiger partial charge in [-0.05, 0) is 25.8 Å². The number of hydrogen-bond acceptors (Lipinski definition) is 5. The third-order valence-electron chi connectivity index (χ3n) is 4.80. The van der Waals surface area contributed by atoms with Gasteiger partial charge in [0.15, 0.2) is 5.82 Å². The summed E-state index contributed by atoms with van der Waals surface area (Å²) in [6.07, 6.45) is 5.43. The van der Waals surface area contributed by atoms with Gasteiger partial charge in [-0.25, -0.2) is 14.6 Å². The summed E-state index contributed by atoms with van der Waals surface area (Å²) in [6, 6.07) is 3.83. The van der Waals surface area contributed by atoms with Crippen LogP contribution in [0.5, 0.6) is 0 Å². The summed E-state index contributed by atoms with van der Waals surface area (Å²) in [7, 11) is 0. The summed E-state index contributed by atoms with van der Waals surface area (Å²) in [5, 5.41) is 4.24. The summed E-state index contributed by atoms with van der Waals surface area (Å²) >= 11 is 0. The molecule has 0 aromatic carbocycles. The molecule has 1 saturated heterocycles. The molecule has 0 radical (unpaired) electrons. The van der Waals surface area contributed by atoms with Gasteiger partial charge in [-0.15, -0.1) is 0 Å². The largest absolute Gasteiger partial charge is 0.353 e. The molecule has 1 amide bonds. The van der Waals surface area contributed by atoms with Crippen LogP contribution in [-0.4, -0.2) is 56.7 Å². The van der Waals surface area contributed by atoms with Crippen LogP contribution >= 0.6 is 0 Å². The molecular weight excluding hydrogens is 316 g/mol. The smallest absolute Gasteiger partial charge is 0.225 e. The summed E-state index contributed by atoms with van der Waals surface area (Å²) in [5.74, 6) is 2.83. The molecule has 7 nitrogen and oxygen atoms in total. The molecule has 1 aliphatic rings. The second-order valence-corrected chi connectivity index (χ2v) is 6.41. The number of piperazine rings is 1. The van der Waals surface area contributed by atoms with Gasteiger partial charge in [0, 0.05) is 50.6 Å². The predicted molar refractivity (Wildman–Crippen MR) is 96.8 cm³/mol. The van der Waals surface area contributed by atoms with Crippen LogP contribution in [0, 0.1) is 12.8 Å². The normalized spacial score (nSPS) is 15.0. The number of hydrogen-bond donors (Lipinski definition) is 0. The topological polar surface area (TPSA) is 67.2 Å². The van der Waals surface area contributed by atoms with Crippen molar-refractivity contribution in [3.05, 3.63) is 30.4 Å². The van der Waals surface area contributed by atoms with Gasteiger partial charge in [0.1, 0.15) is 11.6 Å². The van der Waals surface area contributed by atoms with E-state index in [1.54, 1.807) is 10.9 Å². The molecule has 25 heavy (non-hydrogen) atoms. The number of rotatable bonds is 5. The van der Waals surface area contributed by atoms with Crippen molar-refractivity contribution in [2.24, 2.45) is 5.92 Å². The van der Waals surface area contributed by atoms with Gasteiger partial charge >= 0.3 is 0 Å². The standard InChI is InChI=1S/C18H26N6O/c1-4-15(5-2)18(25)23-11-9-22(10-12-23)16-13-17(21-14(3)20-16)24-8-6-7-19-24/h6-8,13,15H,4-5,9-12H2,1-3H3. The zero-order valence-corrected chi connectivity index (χ0v) is 15.2. The van der Waals surface area contributed by atoms with Crippen molar-refractivity contribution >= 4 is 11.7 Å². The van der Waals surface area contributed by atoms with Crippen LogP contribution in [0.3, 0.4) is 0 Å². The maximum Gasteiger partial charge on any atom is 0.225 e. The first-order valence-corrected chi connectivity index (χ1v) is 9.01. The van der Waals surface area contributed by atoms with Crippen molar-refractivity contribution in [1.29, 1.82) is 0 Å². The molecule has 0 aliphatic carbocycles. The highest BCUT2D eigenvalue weighted by Gasteiger charge is 2.26. The van der Waals surface area contributed by atoms with E-state index in [1.807, 2.05) is 30.2 Å². The zero-order chi connectivity index (χ0) is 17.8. The Balaban J connectivity index is 1.70. The van der Waals surface area contributed by atoms with Crippen LogP contribution in [0.2, 0.25) is 0 Å². The third-order valence-corrected chi connectivity index (χ3v) is 4.80. The van der Waals surface area contributed by atoms with E-state index in [4.69, 9.17) is 0 Å². The van der Waals surface area contributed by atoms with Gasteiger partial charge in [0.2, 0.25) is 5.91 Å². The van der Waals surface area contributed by atoms with E-state index in [1.165, 1.54) is 0 Å². The number of carbonyl (C=O) groups excluding carboxylic acids is 1. The lowest BCUT2D eigenvalue weighted by atomic mass is 10.0. The monoisotopic (exact) mass is 342 g/mol. The van der Waals surface area contributed by atoms with E-state index in [0.29, 0.717) is 5.91 Å². The van der Waals surface area contributed by atoms with Crippen molar-refractivity contribution < 1.29 is 4.79 Å². The fraction of sp³-hybridized carbons (Fsp3) is 0.556. The number of nitrogens with zero attached hydrogens (tertiary/aromatic N) is 6. The van der Waals surface area contributed by atoms with Gasteiger partial charge in [-0.1, -0.05) is 13.8 Å². The number of aromatic nitrogens is 4. The summed E-state index contributed by atoms with van der Waals surface area (Å²) in [4.78, 5) is 25.8. The Kier molecular flexibility index (Phi) is 5.31. The van der Waals surface area contributed by atoms with Crippen molar-refractivity contribution in [2.75, 3.05) is 31.1 Å². The SMILES string of the molecule is CCC(CC)C(=O)N1CCN(c2cc(-n3cccn3)nc(C)n2)CC1. The number of amides is 1. The lowest BCUT2D eigenvalue weighted by Crippen LogP contribution is -2.50. The lowest BCUT2D eigenvalue weighted by Gasteiger charge is -2.37. The minimum absolute atomic E-state index is 0.152. The maximum atomic E-state index is 12.5. The molecule has 2 aromatic rings. The van der Waals surface area contributed by atoms with Crippen LogP contribution in [0.4, 0.5) is 5.82 Å². The van der Waals surface area contributed by atoms with Gasteiger partial charge in [0.05, 0.1) is 0 Å². The molecule has 1 aliphatic heterocycles. The lowest BCUT2D eigenvalue weighted by molar-refractivity contribution is -0.136. The zero-order valence-electron chi connectivity index (χ0n) is 15.2. The summed E-state index contributed by atoms with van der Waals surface area (Å²) in [6.45, 7) is 9.14. The summed E-state index contributed by atoms with van der Waals surface area (Å²) < 4.78 is 1.74. The van der Waals surface area contributed by atoms with Crippen molar-refractivity contribution in [3.8, 4) is 5.82 Å². The Morgan fingerprint density at radius 2 is 1.80 bits per heavy atom. The summed E-state index contributed by atoms with van der Waals surface area (Å²) in [5.41, 5.74) is 0. The second kappa shape index (κ2) is 7.63. The molecular formula is C18H26N6O. The van der Waals surface area contributed by atoms with E-state index < -0.39 is 0 Å². The van der Waals surface area contributed by atoms with E-state index in [0.717, 1.165) is 56.5 Å². The van der Waals surface area contributed by atoms with E-state index in [9.17, 15) is 4.79 Å². The molecule has 0 bridgehead atoms. The first-order chi connectivity index (χ1) is 12.1. The highest BCUT2D eigenvalue weighted by Crippen LogP contribution is 2.19. The van der Waals surface area contributed by atoms with E-state index in [2.05, 4.69) is 33.8 Å². The molecule has 7 heteroatoms. The molecule has 3 heterocycles. The first-order valence-electron chi connectivity index (χ1n) is 9.01. The van der Waals surface area contributed by atoms with Crippen LogP contribution < -0.4 is 4.90 Å². The van der Waals surface area contributed by atoms with Gasteiger partial charge in [-0.2, -0.15) is 5.10 Å². The van der Waals surface area contributed by atoms with Gasteiger partial charge in [-0.3, -0.25) is 4.79 Å². The molecule has 134 valence electrons. The minimum atomic E-state index is 0.152. The Morgan fingerprint density at radius 1 is 1.12 bits per heavy atom. The maximum absolute atomic E-state index is 12.5. The third kappa shape index (κ3) is 3.81.